The minimum atomic E-state index is -0.285. The first kappa shape index (κ1) is 30.1. The van der Waals surface area contributed by atoms with Crippen molar-refractivity contribution >= 4 is 52.2 Å². The van der Waals surface area contributed by atoms with Gasteiger partial charge in [-0.15, -0.1) is 0 Å². The highest BCUT2D eigenvalue weighted by molar-refractivity contribution is 6.31. The normalized spacial score (nSPS) is 13.9. The minimum absolute atomic E-state index is 0.236. The number of nitrogens with zero attached hydrogens (tertiary/aromatic N) is 2. The number of ketones is 2. The van der Waals surface area contributed by atoms with Crippen LogP contribution in [-0.2, 0) is 0 Å². The zero-order valence-corrected chi connectivity index (χ0v) is 26.6. The maximum absolute atomic E-state index is 14.7. The molecule has 0 unspecified atom stereocenters. The van der Waals surface area contributed by atoms with Gasteiger partial charge in [0.1, 0.15) is 5.70 Å². The number of benzene rings is 5. The summed E-state index contributed by atoms with van der Waals surface area (Å²) < 4.78 is 0. The van der Waals surface area contributed by atoms with Crippen LogP contribution in [0.5, 0.6) is 0 Å². The predicted molar refractivity (Wildman–Crippen MR) is 185 cm³/mol. The Morgan fingerprint density at radius 1 is 0.511 bits per heavy atom. The van der Waals surface area contributed by atoms with Gasteiger partial charge in [-0.3, -0.25) is 9.59 Å². The number of aryl methyl sites for hydroxylation is 3. The molecule has 0 aliphatic carbocycles. The first-order chi connectivity index (χ1) is 21.7. The van der Waals surface area contributed by atoms with Crippen molar-refractivity contribution in [1.29, 1.82) is 0 Å². The second-order valence-electron chi connectivity index (χ2n) is 11.1. The Morgan fingerprint density at radius 2 is 0.911 bits per heavy atom. The third-order valence-electron chi connectivity index (χ3n) is 7.73. The smallest absolute Gasteiger partial charge is 0.212 e. The van der Waals surface area contributed by atoms with Crippen molar-refractivity contribution in [3.05, 3.63) is 182 Å². The number of hydrogen-bond acceptors (Lipinski definition) is 4. The molecule has 4 nitrogen and oxygen atoms in total. The fourth-order valence-corrected chi connectivity index (χ4v) is 5.53. The van der Waals surface area contributed by atoms with Crippen molar-refractivity contribution in [3.8, 4) is 0 Å². The van der Waals surface area contributed by atoms with E-state index in [0.29, 0.717) is 38.2 Å². The summed E-state index contributed by atoms with van der Waals surface area (Å²) in [4.78, 5) is 29.5. The lowest BCUT2D eigenvalue weighted by Gasteiger charge is -2.34. The molecule has 0 N–H and O–H groups in total. The summed E-state index contributed by atoms with van der Waals surface area (Å²) in [5.41, 5.74) is 7.45. The van der Waals surface area contributed by atoms with Crippen molar-refractivity contribution in [1.82, 2.24) is 0 Å². The van der Waals surface area contributed by atoms with Gasteiger partial charge in [0.15, 0.2) is 5.78 Å². The zero-order valence-electron chi connectivity index (χ0n) is 25.1. The molecule has 6 heteroatoms. The van der Waals surface area contributed by atoms with Crippen molar-refractivity contribution < 1.29 is 9.59 Å². The molecule has 1 aliphatic rings. The van der Waals surface area contributed by atoms with Gasteiger partial charge < -0.3 is 0 Å². The number of carbonyl (C=O) groups is 2. The van der Waals surface area contributed by atoms with E-state index in [1.807, 2.05) is 110 Å². The highest BCUT2D eigenvalue weighted by Crippen LogP contribution is 2.44. The van der Waals surface area contributed by atoms with Crippen LogP contribution in [0.15, 0.2) is 138 Å². The molecule has 6 rings (SSSR count). The Morgan fingerprint density at radius 3 is 1.38 bits per heavy atom. The van der Waals surface area contributed by atoms with Crippen LogP contribution >= 0.6 is 23.2 Å². The van der Waals surface area contributed by atoms with Crippen LogP contribution in [0.4, 0.5) is 11.4 Å². The van der Waals surface area contributed by atoms with Crippen molar-refractivity contribution in [2.45, 2.75) is 20.8 Å². The fraction of sp³-hybridized carbons (Fsp3) is 0.0769. The molecule has 1 aliphatic heterocycles. The summed E-state index contributed by atoms with van der Waals surface area (Å²) in [7, 11) is 0. The number of anilines is 2. The highest BCUT2D eigenvalue weighted by atomic mass is 35.5. The molecule has 0 amide bonds. The van der Waals surface area contributed by atoms with Gasteiger partial charge in [0.25, 0.3) is 0 Å². The van der Waals surface area contributed by atoms with Gasteiger partial charge in [-0.05, 0) is 80.9 Å². The van der Waals surface area contributed by atoms with E-state index < -0.39 is 0 Å². The van der Waals surface area contributed by atoms with E-state index in [9.17, 15) is 9.59 Å². The van der Waals surface area contributed by atoms with E-state index in [4.69, 9.17) is 23.2 Å². The molecule has 0 bridgehead atoms. The average Bonchev–Trinajstić information content (AvgIpc) is 3.37. The van der Waals surface area contributed by atoms with Gasteiger partial charge in [-0.25, -0.2) is 10.0 Å². The molecule has 0 fully saturated rings. The molecule has 0 spiro atoms. The van der Waals surface area contributed by atoms with Crippen LogP contribution in [0.3, 0.4) is 0 Å². The Bertz CT molecular complexity index is 1940. The lowest BCUT2D eigenvalue weighted by atomic mass is 9.94. The van der Waals surface area contributed by atoms with Crippen LogP contribution in [0.2, 0.25) is 10.0 Å². The quantitative estimate of drug-likeness (QED) is 0.168. The van der Waals surface area contributed by atoms with Crippen LogP contribution in [-0.4, -0.2) is 11.6 Å². The summed E-state index contributed by atoms with van der Waals surface area (Å²) in [6.45, 7) is 5.97. The standard InChI is InChI=1S/C39H30Cl2N2O2/c1-25-4-10-28(11-5-25)24-35-36(38(44)29-12-6-26(2)7-13-29)37(39(45)30-14-8-27(3)9-15-30)43(34-22-18-32(41)19-23-34)42(35)33-20-16-31(40)17-21-33/h4-24H,1-3H3/b35-24-. The molecule has 45 heavy (non-hydrogen) atoms. The molecule has 0 aromatic heterocycles. The lowest BCUT2D eigenvalue weighted by molar-refractivity contribution is 0.100. The Kier molecular flexibility index (Phi) is 8.44. The predicted octanol–water partition coefficient (Wildman–Crippen LogP) is 10.2. The summed E-state index contributed by atoms with van der Waals surface area (Å²) >= 11 is 12.7. The summed E-state index contributed by atoms with van der Waals surface area (Å²) in [5.74, 6) is -0.550. The number of rotatable bonds is 7. The lowest BCUT2D eigenvalue weighted by Crippen LogP contribution is -2.38. The van der Waals surface area contributed by atoms with Crippen molar-refractivity contribution in [3.63, 3.8) is 0 Å². The average molecular weight is 630 g/mol. The zero-order chi connectivity index (χ0) is 31.7. The van der Waals surface area contributed by atoms with Crippen LogP contribution in [0.25, 0.3) is 6.08 Å². The fourth-order valence-electron chi connectivity index (χ4n) is 5.28. The van der Waals surface area contributed by atoms with E-state index in [1.54, 1.807) is 48.5 Å². The SMILES string of the molecule is Cc1ccc(/C=C2/C(C(=O)c3ccc(C)cc3)=C(C(=O)c3ccc(C)cc3)N(c3ccc(Cl)cc3)N2c2ccc(Cl)cc2)cc1. The number of carbonyl (C=O) groups excluding carboxylic acids is 2. The molecule has 5 aromatic carbocycles. The largest absolute Gasteiger partial charge is 0.288 e. The molecule has 1 heterocycles. The Hall–Kier alpha value is -4.90. The molecular formula is C39H30Cl2N2O2. The van der Waals surface area contributed by atoms with Gasteiger partial charge in [0.05, 0.1) is 22.6 Å². The maximum Gasteiger partial charge on any atom is 0.212 e. The number of hydrogen-bond donors (Lipinski definition) is 0. The number of Topliss-reactive ketones (excluding diaryl/α,β-unsaturated/α-hetero) is 2. The third kappa shape index (κ3) is 6.21. The van der Waals surface area contributed by atoms with Gasteiger partial charge in [0, 0.05) is 21.2 Å². The van der Waals surface area contributed by atoms with E-state index in [2.05, 4.69) is 0 Å². The first-order valence-electron chi connectivity index (χ1n) is 14.6. The Balaban J connectivity index is 1.70. The summed E-state index contributed by atoms with van der Waals surface area (Å²) in [6.07, 6.45) is 1.95. The van der Waals surface area contributed by atoms with Crippen LogP contribution in [0.1, 0.15) is 43.0 Å². The van der Waals surface area contributed by atoms with E-state index in [1.165, 1.54) is 0 Å². The minimum Gasteiger partial charge on any atom is -0.288 e. The number of hydrazine groups is 1. The van der Waals surface area contributed by atoms with E-state index >= 15 is 0 Å². The van der Waals surface area contributed by atoms with Gasteiger partial charge in [0.2, 0.25) is 5.78 Å². The van der Waals surface area contributed by atoms with Gasteiger partial charge in [-0.2, -0.15) is 0 Å². The molecule has 222 valence electrons. The Labute approximate surface area is 273 Å². The third-order valence-corrected chi connectivity index (χ3v) is 8.23. The second kappa shape index (κ2) is 12.6. The monoisotopic (exact) mass is 628 g/mol. The molecule has 0 saturated carbocycles. The summed E-state index contributed by atoms with van der Waals surface area (Å²) in [5, 5.41) is 4.84. The number of halogens is 2. The molecule has 0 radical (unpaired) electrons. The van der Waals surface area contributed by atoms with E-state index in [-0.39, 0.29) is 22.8 Å². The van der Waals surface area contributed by atoms with Gasteiger partial charge in [-0.1, -0.05) is 113 Å². The molecule has 0 atom stereocenters. The maximum atomic E-state index is 14.7. The van der Waals surface area contributed by atoms with Crippen LogP contribution < -0.4 is 10.0 Å². The molecule has 0 saturated heterocycles. The van der Waals surface area contributed by atoms with Crippen molar-refractivity contribution in [2.24, 2.45) is 0 Å². The van der Waals surface area contributed by atoms with Gasteiger partial charge >= 0.3 is 0 Å². The topological polar surface area (TPSA) is 40.6 Å². The van der Waals surface area contributed by atoms with E-state index in [0.717, 1.165) is 22.3 Å². The van der Waals surface area contributed by atoms with Crippen LogP contribution in [0, 0.1) is 20.8 Å². The second-order valence-corrected chi connectivity index (χ2v) is 12.0. The summed E-state index contributed by atoms with van der Waals surface area (Å²) in [6, 6.07) is 37.4. The molecule has 5 aromatic rings. The first-order valence-corrected chi connectivity index (χ1v) is 15.3. The highest BCUT2D eigenvalue weighted by Gasteiger charge is 2.43. The number of allylic oxidation sites excluding steroid dienone is 2. The van der Waals surface area contributed by atoms with Crippen molar-refractivity contribution in [2.75, 3.05) is 10.0 Å². The molecular weight excluding hydrogens is 599 g/mol.